The molecule has 5 rings (SSSR count). The second kappa shape index (κ2) is 10.2. The molecule has 2 aromatic heterocycles. The number of urea groups is 1. The quantitative estimate of drug-likeness (QED) is 0.266. The number of benzene rings is 2. The second-order valence-corrected chi connectivity index (χ2v) is 9.41. The number of nitrogens with one attached hydrogen (secondary N) is 2. The summed E-state index contributed by atoms with van der Waals surface area (Å²) in [6, 6.07) is 15.0. The van der Waals surface area contributed by atoms with Gasteiger partial charge in [-0.1, -0.05) is 41.2 Å². The van der Waals surface area contributed by atoms with Crippen molar-refractivity contribution in [1.82, 2.24) is 14.8 Å². The highest BCUT2D eigenvalue weighted by Crippen LogP contribution is 2.37. The van der Waals surface area contributed by atoms with Crippen molar-refractivity contribution >= 4 is 52.3 Å². The molecule has 10 heteroatoms. The van der Waals surface area contributed by atoms with Crippen LogP contribution < -0.4 is 15.4 Å². The first-order chi connectivity index (χ1) is 16.9. The van der Waals surface area contributed by atoms with Crippen LogP contribution in [0.5, 0.6) is 11.5 Å². The van der Waals surface area contributed by atoms with Crippen molar-refractivity contribution in [2.24, 2.45) is 0 Å². The molecule has 2 N–H and O–H groups in total. The maximum atomic E-state index is 12.9. The molecule has 178 valence electrons. The van der Waals surface area contributed by atoms with Gasteiger partial charge < -0.3 is 10.1 Å². The van der Waals surface area contributed by atoms with Gasteiger partial charge in [0, 0.05) is 40.5 Å². The van der Waals surface area contributed by atoms with Crippen molar-refractivity contribution in [2.45, 2.75) is 25.2 Å². The van der Waals surface area contributed by atoms with E-state index in [1.165, 1.54) is 6.42 Å². The van der Waals surface area contributed by atoms with Gasteiger partial charge in [-0.3, -0.25) is 10.3 Å². The normalized spacial score (nSPS) is 13.2. The lowest BCUT2D eigenvalue weighted by atomic mass is 9.83. The molecule has 2 amide bonds. The van der Waals surface area contributed by atoms with Crippen LogP contribution >= 0.6 is 34.8 Å². The van der Waals surface area contributed by atoms with Crippen LogP contribution in [0.3, 0.4) is 0 Å². The molecule has 2 aromatic carbocycles. The third-order valence-corrected chi connectivity index (χ3v) is 6.41. The third-order valence-electron chi connectivity index (χ3n) is 5.66. The van der Waals surface area contributed by atoms with Gasteiger partial charge in [0.1, 0.15) is 17.3 Å². The number of amides is 2. The Morgan fingerprint density at radius 2 is 1.66 bits per heavy atom. The van der Waals surface area contributed by atoms with Gasteiger partial charge in [0.2, 0.25) is 0 Å². The number of ether oxygens (including phenoxy) is 1. The first kappa shape index (κ1) is 23.5. The molecule has 0 radical (unpaired) electrons. The van der Waals surface area contributed by atoms with Gasteiger partial charge in [-0.05, 0) is 55.3 Å². The van der Waals surface area contributed by atoms with E-state index in [0.29, 0.717) is 49.7 Å². The fourth-order valence-electron chi connectivity index (χ4n) is 3.72. The zero-order valence-corrected chi connectivity index (χ0v) is 20.6. The summed E-state index contributed by atoms with van der Waals surface area (Å²) in [6.07, 6.45) is 6.58. The summed E-state index contributed by atoms with van der Waals surface area (Å²) in [7, 11) is 0. The van der Waals surface area contributed by atoms with Crippen LogP contribution in [0.2, 0.25) is 15.1 Å². The molecule has 1 fully saturated rings. The SMILES string of the molecule is O=C(Nc1ccc(Oc2ccncc2)cc1Cl)Nc1cc(C2CCC2)nn1-c1cc(Cl)cc(Cl)c1. The zero-order valence-electron chi connectivity index (χ0n) is 18.3. The lowest BCUT2D eigenvalue weighted by molar-refractivity contribution is 0.262. The average molecular weight is 529 g/mol. The van der Waals surface area contributed by atoms with E-state index < -0.39 is 6.03 Å². The molecule has 1 aliphatic rings. The van der Waals surface area contributed by atoms with E-state index in [-0.39, 0.29) is 0 Å². The summed E-state index contributed by atoms with van der Waals surface area (Å²) >= 11 is 18.8. The molecule has 35 heavy (non-hydrogen) atoms. The minimum atomic E-state index is -0.468. The van der Waals surface area contributed by atoms with Gasteiger partial charge in [0.15, 0.2) is 0 Å². The number of rotatable bonds is 6. The number of carbonyl (C=O) groups excluding carboxylic acids is 1. The first-order valence-corrected chi connectivity index (χ1v) is 12.1. The van der Waals surface area contributed by atoms with E-state index in [0.717, 1.165) is 18.5 Å². The van der Waals surface area contributed by atoms with Crippen molar-refractivity contribution in [1.29, 1.82) is 0 Å². The molecule has 0 spiro atoms. The smallest absolute Gasteiger partial charge is 0.324 e. The molecule has 0 saturated heterocycles. The fraction of sp³-hybridized carbons (Fsp3) is 0.160. The number of hydrogen-bond acceptors (Lipinski definition) is 4. The van der Waals surface area contributed by atoms with Crippen LogP contribution in [0.4, 0.5) is 16.3 Å². The Morgan fingerprint density at radius 1 is 0.914 bits per heavy atom. The van der Waals surface area contributed by atoms with Crippen LogP contribution in [0.1, 0.15) is 30.9 Å². The van der Waals surface area contributed by atoms with Crippen molar-refractivity contribution in [3.8, 4) is 17.2 Å². The summed E-state index contributed by atoms with van der Waals surface area (Å²) in [5.74, 6) is 2.03. The Labute approximate surface area is 217 Å². The van der Waals surface area contributed by atoms with Gasteiger partial charge >= 0.3 is 6.03 Å². The minimum Gasteiger partial charge on any atom is -0.457 e. The van der Waals surface area contributed by atoms with E-state index >= 15 is 0 Å². The highest BCUT2D eigenvalue weighted by atomic mass is 35.5. The van der Waals surface area contributed by atoms with E-state index in [1.807, 2.05) is 6.07 Å². The monoisotopic (exact) mass is 527 g/mol. The molecule has 1 saturated carbocycles. The topological polar surface area (TPSA) is 81.1 Å². The number of aromatic nitrogens is 3. The molecule has 0 aliphatic heterocycles. The van der Waals surface area contributed by atoms with Gasteiger partial charge in [0.25, 0.3) is 0 Å². The van der Waals surface area contributed by atoms with Crippen LogP contribution in [0, 0.1) is 0 Å². The lowest BCUT2D eigenvalue weighted by Gasteiger charge is -2.22. The third kappa shape index (κ3) is 5.53. The zero-order chi connectivity index (χ0) is 24.4. The number of pyridine rings is 1. The Kier molecular flexibility index (Phi) is 6.81. The number of halogens is 3. The van der Waals surface area contributed by atoms with Gasteiger partial charge in [-0.25, -0.2) is 9.48 Å². The van der Waals surface area contributed by atoms with Crippen molar-refractivity contribution < 1.29 is 9.53 Å². The van der Waals surface area contributed by atoms with E-state index in [1.54, 1.807) is 65.6 Å². The van der Waals surface area contributed by atoms with E-state index in [9.17, 15) is 4.79 Å². The second-order valence-electron chi connectivity index (χ2n) is 8.13. The Hall–Kier alpha value is -3.26. The predicted octanol–water partition coefficient (Wildman–Crippen LogP) is 7.93. The van der Waals surface area contributed by atoms with Crippen molar-refractivity contribution in [3.63, 3.8) is 0 Å². The van der Waals surface area contributed by atoms with Crippen LogP contribution in [-0.4, -0.2) is 20.8 Å². The maximum absolute atomic E-state index is 12.9. The fourth-order valence-corrected chi connectivity index (χ4v) is 4.46. The van der Waals surface area contributed by atoms with Crippen LogP contribution in [-0.2, 0) is 0 Å². The molecule has 1 aliphatic carbocycles. The molecular formula is C25H20Cl3N5O2. The molecule has 0 bridgehead atoms. The molecular weight excluding hydrogens is 509 g/mol. The summed E-state index contributed by atoms with van der Waals surface area (Å²) in [6.45, 7) is 0. The highest BCUT2D eigenvalue weighted by molar-refractivity contribution is 6.35. The first-order valence-electron chi connectivity index (χ1n) is 11.0. The largest absolute Gasteiger partial charge is 0.457 e. The van der Waals surface area contributed by atoms with Gasteiger partial charge in [-0.2, -0.15) is 5.10 Å². The average Bonchev–Trinajstić information content (AvgIpc) is 3.17. The molecule has 4 aromatic rings. The van der Waals surface area contributed by atoms with Crippen molar-refractivity contribution in [2.75, 3.05) is 10.6 Å². The molecule has 0 atom stereocenters. The number of nitrogens with zero attached hydrogens (tertiary/aromatic N) is 3. The lowest BCUT2D eigenvalue weighted by Crippen LogP contribution is -2.21. The van der Waals surface area contributed by atoms with Crippen LogP contribution in [0.25, 0.3) is 5.69 Å². The van der Waals surface area contributed by atoms with Gasteiger partial charge in [-0.15, -0.1) is 0 Å². The highest BCUT2D eigenvalue weighted by Gasteiger charge is 2.25. The van der Waals surface area contributed by atoms with E-state index in [2.05, 4.69) is 15.6 Å². The van der Waals surface area contributed by atoms with Crippen molar-refractivity contribution in [3.05, 3.63) is 87.8 Å². The Morgan fingerprint density at radius 3 is 2.31 bits per heavy atom. The molecule has 0 unspecified atom stereocenters. The number of carbonyl (C=O) groups is 1. The van der Waals surface area contributed by atoms with Crippen LogP contribution in [0.15, 0.2) is 67.0 Å². The Balaban J connectivity index is 1.34. The molecule has 7 nitrogen and oxygen atoms in total. The summed E-state index contributed by atoms with van der Waals surface area (Å²) in [4.78, 5) is 16.8. The predicted molar refractivity (Wildman–Crippen MR) is 139 cm³/mol. The van der Waals surface area contributed by atoms with E-state index in [4.69, 9.17) is 44.6 Å². The van der Waals surface area contributed by atoms with Gasteiger partial charge in [0.05, 0.1) is 22.1 Å². The summed E-state index contributed by atoms with van der Waals surface area (Å²) < 4.78 is 7.39. The standard InChI is InChI=1S/C25H20Cl3N5O2/c26-16-10-17(27)12-18(11-16)33-24(14-23(32-33)15-2-1-3-15)31-25(34)30-22-5-4-20(13-21(22)28)35-19-6-8-29-9-7-19/h4-15H,1-3H2,(H2,30,31,34). The number of hydrogen-bond donors (Lipinski definition) is 2. The summed E-state index contributed by atoms with van der Waals surface area (Å²) in [5.41, 5.74) is 2.00. The molecule has 2 heterocycles. The Bertz CT molecular complexity index is 1350. The minimum absolute atomic E-state index is 0.331. The summed E-state index contributed by atoms with van der Waals surface area (Å²) in [5, 5.41) is 11.7. The maximum Gasteiger partial charge on any atom is 0.324 e. The number of anilines is 2.